The molecule has 2 rings (SSSR count). The molecule has 0 unspecified atom stereocenters. The third-order valence-corrected chi connectivity index (χ3v) is 2.97. The third kappa shape index (κ3) is 3.92. The highest BCUT2D eigenvalue weighted by Gasteiger charge is 2.30. The number of aromatic nitrogens is 4. The Balaban J connectivity index is 2.20. The average molecular weight is 327 g/mol. The summed E-state index contributed by atoms with van der Waals surface area (Å²) in [7, 11) is 0. The topological polar surface area (TPSA) is 51.6 Å². The van der Waals surface area contributed by atoms with Crippen molar-refractivity contribution in [1.82, 2.24) is 19.9 Å². The minimum absolute atomic E-state index is 0.102. The zero-order valence-electron chi connectivity index (χ0n) is 8.82. The maximum absolute atomic E-state index is 12.3. The van der Waals surface area contributed by atoms with Crippen LogP contribution in [0.2, 0.25) is 10.6 Å². The lowest BCUT2D eigenvalue weighted by molar-refractivity contribution is -0.137. The van der Waals surface area contributed by atoms with Crippen molar-refractivity contribution in [2.75, 3.05) is 0 Å². The second-order valence-electron chi connectivity index (χ2n) is 3.14. The second-order valence-corrected chi connectivity index (χ2v) is 4.80. The standard InChI is InChI=1S/C9H3Cl2F3N4S/c10-6-16-7(11)18-8(17-6)19-5-2-1-4(3-15-5)9(12,13)14/h1-3H. The van der Waals surface area contributed by atoms with Gasteiger partial charge in [0.2, 0.25) is 10.6 Å². The van der Waals surface area contributed by atoms with Crippen molar-refractivity contribution in [3.8, 4) is 0 Å². The highest BCUT2D eigenvalue weighted by molar-refractivity contribution is 7.99. The Hall–Kier alpha value is -1.12. The van der Waals surface area contributed by atoms with Crippen LogP contribution in [0.5, 0.6) is 0 Å². The van der Waals surface area contributed by atoms with Crippen LogP contribution in [0.4, 0.5) is 13.2 Å². The van der Waals surface area contributed by atoms with E-state index in [1.807, 2.05) is 0 Å². The molecule has 100 valence electrons. The Bertz CT molecular complexity index is 571. The molecule has 0 N–H and O–H groups in total. The fourth-order valence-corrected chi connectivity index (χ4v) is 2.21. The van der Waals surface area contributed by atoms with E-state index >= 15 is 0 Å². The van der Waals surface area contributed by atoms with Gasteiger partial charge in [-0.3, -0.25) is 0 Å². The summed E-state index contributed by atoms with van der Waals surface area (Å²) in [6, 6.07) is 2.12. The maximum Gasteiger partial charge on any atom is 0.417 e. The molecule has 0 spiro atoms. The first kappa shape index (κ1) is 14.3. The molecule has 0 bridgehead atoms. The van der Waals surface area contributed by atoms with Gasteiger partial charge in [-0.1, -0.05) is 0 Å². The molecule has 0 aliphatic carbocycles. The molecule has 0 aliphatic rings. The highest BCUT2D eigenvalue weighted by atomic mass is 35.5. The number of hydrogen-bond acceptors (Lipinski definition) is 5. The molecule has 0 aromatic carbocycles. The van der Waals surface area contributed by atoms with Gasteiger partial charge in [-0.25, -0.2) is 4.98 Å². The smallest absolute Gasteiger partial charge is 0.249 e. The second kappa shape index (κ2) is 5.48. The first-order valence-corrected chi connectivity index (χ1v) is 6.20. The number of rotatable bonds is 2. The van der Waals surface area contributed by atoms with Crippen LogP contribution < -0.4 is 0 Å². The van der Waals surface area contributed by atoms with E-state index < -0.39 is 11.7 Å². The fourth-order valence-electron chi connectivity index (χ4n) is 1.06. The fraction of sp³-hybridized carbons (Fsp3) is 0.111. The molecule has 2 aromatic rings. The number of pyridine rings is 1. The van der Waals surface area contributed by atoms with Crippen LogP contribution in [0.3, 0.4) is 0 Å². The van der Waals surface area contributed by atoms with Crippen LogP contribution in [-0.4, -0.2) is 19.9 Å². The van der Waals surface area contributed by atoms with E-state index in [0.29, 0.717) is 0 Å². The predicted molar refractivity (Wildman–Crippen MR) is 63.2 cm³/mol. The van der Waals surface area contributed by atoms with Crippen molar-refractivity contribution in [2.45, 2.75) is 16.4 Å². The zero-order chi connectivity index (χ0) is 14.0. The van der Waals surface area contributed by atoms with Gasteiger partial charge in [-0.05, 0) is 47.1 Å². The van der Waals surface area contributed by atoms with Crippen LogP contribution in [-0.2, 0) is 6.18 Å². The molecule has 2 heterocycles. The lowest BCUT2D eigenvalue weighted by Crippen LogP contribution is -2.05. The normalized spacial score (nSPS) is 11.6. The van der Waals surface area contributed by atoms with Crippen LogP contribution in [0.15, 0.2) is 28.5 Å². The number of nitrogens with zero attached hydrogens (tertiary/aromatic N) is 4. The molecule has 2 aromatic heterocycles. The molecule has 0 radical (unpaired) electrons. The quantitative estimate of drug-likeness (QED) is 0.841. The summed E-state index contributed by atoms with van der Waals surface area (Å²) in [5.74, 6) is 0. The Morgan fingerprint density at radius 2 is 1.63 bits per heavy atom. The lowest BCUT2D eigenvalue weighted by atomic mass is 10.3. The van der Waals surface area contributed by atoms with Gasteiger partial charge < -0.3 is 0 Å². The third-order valence-electron chi connectivity index (χ3n) is 1.82. The minimum atomic E-state index is -4.42. The predicted octanol–water partition coefficient (Wildman–Crippen LogP) is 3.74. The molecule has 10 heteroatoms. The van der Waals surface area contributed by atoms with E-state index in [2.05, 4.69) is 19.9 Å². The molecule has 0 saturated carbocycles. The van der Waals surface area contributed by atoms with E-state index in [9.17, 15) is 13.2 Å². The largest absolute Gasteiger partial charge is 0.417 e. The van der Waals surface area contributed by atoms with Crippen molar-refractivity contribution >= 4 is 35.0 Å². The SMILES string of the molecule is FC(F)(F)c1ccc(Sc2nc(Cl)nc(Cl)n2)nc1. The zero-order valence-corrected chi connectivity index (χ0v) is 11.1. The summed E-state index contributed by atoms with van der Waals surface area (Å²) in [6.45, 7) is 0. The van der Waals surface area contributed by atoms with Crippen LogP contribution >= 0.6 is 35.0 Å². The van der Waals surface area contributed by atoms with E-state index in [1.54, 1.807) is 0 Å². The monoisotopic (exact) mass is 326 g/mol. The van der Waals surface area contributed by atoms with Crippen molar-refractivity contribution in [3.05, 3.63) is 34.5 Å². The van der Waals surface area contributed by atoms with E-state index in [0.717, 1.165) is 24.0 Å². The number of halogens is 5. The van der Waals surface area contributed by atoms with Crippen molar-refractivity contribution < 1.29 is 13.2 Å². The molecule has 0 fully saturated rings. The van der Waals surface area contributed by atoms with E-state index in [-0.39, 0.29) is 20.7 Å². The summed E-state index contributed by atoms with van der Waals surface area (Å²) in [4.78, 5) is 14.7. The van der Waals surface area contributed by atoms with E-state index in [4.69, 9.17) is 23.2 Å². The van der Waals surface area contributed by atoms with E-state index in [1.165, 1.54) is 6.07 Å². The molecule has 19 heavy (non-hydrogen) atoms. The Morgan fingerprint density at radius 1 is 1.00 bits per heavy atom. The summed E-state index contributed by atoms with van der Waals surface area (Å²) in [6.07, 6.45) is -3.69. The lowest BCUT2D eigenvalue weighted by Gasteiger charge is -2.06. The molecular formula is C9H3Cl2F3N4S. The Morgan fingerprint density at radius 3 is 2.11 bits per heavy atom. The summed E-state index contributed by atoms with van der Waals surface area (Å²) >= 11 is 12.1. The van der Waals surface area contributed by atoms with Gasteiger partial charge in [0.25, 0.3) is 0 Å². The van der Waals surface area contributed by atoms with Crippen LogP contribution in [0.1, 0.15) is 5.56 Å². The maximum atomic E-state index is 12.3. The van der Waals surface area contributed by atoms with Crippen molar-refractivity contribution in [2.24, 2.45) is 0 Å². The van der Waals surface area contributed by atoms with Crippen molar-refractivity contribution in [1.29, 1.82) is 0 Å². The molecule has 0 aliphatic heterocycles. The van der Waals surface area contributed by atoms with Crippen LogP contribution in [0, 0.1) is 0 Å². The average Bonchev–Trinajstić information content (AvgIpc) is 2.26. The van der Waals surface area contributed by atoms with Crippen molar-refractivity contribution in [3.63, 3.8) is 0 Å². The summed E-state index contributed by atoms with van der Waals surface area (Å²) < 4.78 is 37.0. The Labute approximate surface area is 119 Å². The van der Waals surface area contributed by atoms with Gasteiger partial charge in [0.1, 0.15) is 5.03 Å². The molecule has 0 amide bonds. The Kier molecular flexibility index (Phi) is 4.12. The molecule has 0 saturated heterocycles. The van der Waals surface area contributed by atoms with Gasteiger partial charge in [0.15, 0.2) is 5.16 Å². The summed E-state index contributed by atoms with van der Waals surface area (Å²) in [5.41, 5.74) is -0.830. The first-order chi connectivity index (χ1) is 8.84. The minimum Gasteiger partial charge on any atom is -0.249 e. The van der Waals surface area contributed by atoms with Gasteiger partial charge in [-0.15, -0.1) is 0 Å². The van der Waals surface area contributed by atoms with Gasteiger partial charge in [-0.2, -0.15) is 28.1 Å². The molecular weight excluding hydrogens is 324 g/mol. The van der Waals surface area contributed by atoms with Gasteiger partial charge in [0, 0.05) is 6.20 Å². The molecule has 4 nitrogen and oxygen atoms in total. The van der Waals surface area contributed by atoms with Crippen LogP contribution in [0.25, 0.3) is 0 Å². The number of alkyl halides is 3. The highest BCUT2D eigenvalue weighted by Crippen LogP contribution is 2.30. The molecule has 0 atom stereocenters. The van der Waals surface area contributed by atoms with Gasteiger partial charge >= 0.3 is 6.18 Å². The first-order valence-electron chi connectivity index (χ1n) is 4.63. The van der Waals surface area contributed by atoms with Gasteiger partial charge in [0.05, 0.1) is 5.56 Å². The summed E-state index contributed by atoms with van der Waals surface area (Å²) in [5, 5.41) is 0.229. The number of hydrogen-bond donors (Lipinski definition) is 0.